The molecular formula is C18H21N5O3. The summed E-state index contributed by atoms with van der Waals surface area (Å²) in [7, 11) is 0. The van der Waals surface area contributed by atoms with Crippen molar-refractivity contribution in [3.8, 4) is 0 Å². The SMILES string of the molecule is CCN(CC)c1cc(Nc2cc(C)ccc2C)c([N+](=O)[O-])c2nonc12. The quantitative estimate of drug-likeness (QED) is 0.519. The summed E-state index contributed by atoms with van der Waals surface area (Å²) in [6.45, 7) is 9.43. The van der Waals surface area contributed by atoms with Crippen LogP contribution in [0.1, 0.15) is 25.0 Å². The van der Waals surface area contributed by atoms with E-state index in [1.165, 1.54) is 0 Å². The van der Waals surface area contributed by atoms with Gasteiger partial charge in [0.05, 0.1) is 10.6 Å². The standard InChI is InChI=1S/C18H21N5O3/c1-5-22(6-2)15-10-14(19-13-9-11(3)7-8-12(13)4)18(23(24)25)17-16(15)20-26-21-17/h7-10,19H,5-6H2,1-4H3. The van der Waals surface area contributed by atoms with Crippen LogP contribution in [-0.4, -0.2) is 28.3 Å². The molecule has 0 aliphatic carbocycles. The maximum Gasteiger partial charge on any atom is 0.324 e. The lowest BCUT2D eigenvalue weighted by molar-refractivity contribution is -0.382. The molecule has 0 bridgehead atoms. The molecule has 1 heterocycles. The highest BCUT2D eigenvalue weighted by atomic mass is 16.6. The van der Waals surface area contributed by atoms with Crippen molar-refractivity contribution in [2.45, 2.75) is 27.7 Å². The second kappa shape index (κ2) is 6.99. The van der Waals surface area contributed by atoms with E-state index in [4.69, 9.17) is 4.63 Å². The summed E-state index contributed by atoms with van der Waals surface area (Å²) in [6.07, 6.45) is 0. The van der Waals surface area contributed by atoms with Gasteiger partial charge in [-0.1, -0.05) is 12.1 Å². The van der Waals surface area contributed by atoms with Crippen LogP contribution >= 0.6 is 0 Å². The Bertz CT molecular complexity index is 963. The lowest BCUT2D eigenvalue weighted by Crippen LogP contribution is -2.22. The predicted molar refractivity (Wildman–Crippen MR) is 101 cm³/mol. The van der Waals surface area contributed by atoms with Gasteiger partial charge in [-0.15, -0.1) is 0 Å². The summed E-state index contributed by atoms with van der Waals surface area (Å²) in [5.74, 6) is 0. The van der Waals surface area contributed by atoms with E-state index in [0.29, 0.717) is 11.2 Å². The minimum atomic E-state index is -0.452. The molecule has 0 atom stereocenters. The highest BCUT2D eigenvalue weighted by Gasteiger charge is 2.27. The molecule has 0 fully saturated rings. The number of aromatic nitrogens is 2. The molecule has 0 spiro atoms. The Morgan fingerprint density at radius 3 is 2.46 bits per heavy atom. The molecule has 8 heteroatoms. The van der Waals surface area contributed by atoms with Gasteiger partial charge in [0.25, 0.3) is 0 Å². The summed E-state index contributed by atoms with van der Waals surface area (Å²) in [5.41, 5.74) is 4.40. The van der Waals surface area contributed by atoms with Gasteiger partial charge in [-0.2, -0.15) is 0 Å². The Labute approximate surface area is 150 Å². The van der Waals surface area contributed by atoms with Gasteiger partial charge >= 0.3 is 5.69 Å². The number of nitro groups is 1. The van der Waals surface area contributed by atoms with Crippen LogP contribution in [0.4, 0.5) is 22.7 Å². The Kier molecular flexibility index (Phi) is 4.75. The highest BCUT2D eigenvalue weighted by Crippen LogP contribution is 2.40. The average molecular weight is 355 g/mol. The van der Waals surface area contributed by atoms with Crippen molar-refractivity contribution < 1.29 is 9.55 Å². The van der Waals surface area contributed by atoms with E-state index in [9.17, 15) is 10.1 Å². The van der Waals surface area contributed by atoms with Gasteiger partial charge in [-0.05, 0) is 61.3 Å². The van der Waals surface area contributed by atoms with Crippen LogP contribution < -0.4 is 10.2 Å². The first-order chi connectivity index (χ1) is 12.5. The summed E-state index contributed by atoms with van der Waals surface area (Å²) >= 11 is 0. The van der Waals surface area contributed by atoms with Crippen LogP contribution in [0.15, 0.2) is 28.9 Å². The summed E-state index contributed by atoms with van der Waals surface area (Å²) < 4.78 is 4.82. The van der Waals surface area contributed by atoms with Gasteiger partial charge in [-0.25, -0.2) is 4.63 Å². The van der Waals surface area contributed by atoms with Gasteiger partial charge in [-0.3, -0.25) is 10.1 Å². The first kappa shape index (κ1) is 17.7. The monoisotopic (exact) mass is 355 g/mol. The fourth-order valence-corrected chi connectivity index (χ4v) is 3.01. The molecular weight excluding hydrogens is 334 g/mol. The number of benzene rings is 2. The van der Waals surface area contributed by atoms with Gasteiger partial charge < -0.3 is 10.2 Å². The lowest BCUT2D eigenvalue weighted by Gasteiger charge is -2.22. The second-order valence-corrected chi connectivity index (χ2v) is 6.13. The number of anilines is 3. The van der Waals surface area contributed by atoms with Crippen LogP contribution in [-0.2, 0) is 0 Å². The van der Waals surface area contributed by atoms with E-state index in [1.807, 2.05) is 45.9 Å². The first-order valence-electron chi connectivity index (χ1n) is 8.49. The third-order valence-electron chi connectivity index (χ3n) is 4.44. The van der Waals surface area contributed by atoms with Gasteiger partial charge in [0.15, 0.2) is 5.52 Å². The Morgan fingerprint density at radius 2 is 1.81 bits per heavy atom. The molecule has 0 unspecified atom stereocenters. The predicted octanol–water partition coefficient (Wildman–Crippen LogP) is 4.34. The van der Waals surface area contributed by atoms with Crippen LogP contribution in [0.25, 0.3) is 11.0 Å². The Balaban J connectivity index is 2.24. The average Bonchev–Trinajstić information content (AvgIpc) is 3.08. The molecule has 1 aromatic heterocycles. The molecule has 0 saturated heterocycles. The van der Waals surface area contributed by atoms with Crippen molar-refractivity contribution in [1.82, 2.24) is 10.3 Å². The largest absolute Gasteiger partial charge is 0.370 e. The molecule has 26 heavy (non-hydrogen) atoms. The number of hydrogen-bond donors (Lipinski definition) is 1. The van der Waals surface area contributed by atoms with E-state index in [2.05, 4.69) is 20.5 Å². The summed E-state index contributed by atoms with van der Waals surface area (Å²) in [5, 5.41) is 22.6. The smallest absolute Gasteiger partial charge is 0.324 e. The molecule has 136 valence electrons. The topological polar surface area (TPSA) is 97.3 Å². The molecule has 0 amide bonds. The van der Waals surface area contributed by atoms with Crippen LogP contribution in [0.2, 0.25) is 0 Å². The summed E-state index contributed by atoms with van der Waals surface area (Å²) in [4.78, 5) is 13.3. The molecule has 3 aromatic rings. The van der Waals surface area contributed by atoms with Crippen LogP contribution in [0.3, 0.4) is 0 Å². The Morgan fingerprint density at radius 1 is 1.12 bits per heavy atom. The number of hydrogen-bond acceptors (Lipinski definition) is 7. The van der Waals surface area contributed by atoms with Gasteiger partial charge in [0.1, 0.15) is 5.69 Å². The van der Waals surface area contributed by atoms with E-state index >= 15 is 0 Å². The summed E-state index contributed by atoms with van der Waals surface area (Å²) in [6, 6.07) is 7.69. The third-order valence-corrected chi connectivity index (χ3v) is 4.44. The molecule has 0 aliphatic rings. The molecule has 0 radical (unpaired) electrons. The van der Waals surface area contributed by atoms with Crippen molar-refractivity contribution in [2.75, 3.05) is 23.3 Å². The van der Waals surface area contributed by atoms with Crippen molar-refractivity contribution in [3.63, 3.8) is 0 Å². The molecule has 1 N–H and O–H groups in total. The number of fused-ring (bicyclic) bond motifs is 1. The van der Waals surface area contributed by atoms with E-state index in [-0.39, 0.29) is 11.2 Å². The molecule has 8 nitrogen and oxygen atoms in total. The number of nitrogens with one attached hydrogen (secondary N) is 1. The minimum absolute atomic E-state index is 0.141. The number of aryl methyl sites for hydroxylation is 2. The first-order valence-corrected chi connectivity index (χ1v) is 8.49. The van der Waals surface area contributed by atoms with Crippen molar-refractivity contribution in [2.24, 2.45) is 0 Å². The number of rotatable bonds is 6. The number of nitro benzene ring substituents is 1. The molecule has 3 rings (SSSR count). The van der Waals surface area contributed by atoms with Crippen LogP contribution in [0.5, 0.6) is 0 Å². The third kappa shape index (κ3) is 3.05. The lowest BCUT2D eigenvalue weighted by atomic mass is 10.1. The maximum atomic E-state index is 11.7. The molecule has 0 aliphatic heterocycles. The highest BCUT2D eigenvalue weighted by molar-refractivity contribution is 6.00. The fraction of sp³-hybridized carbons (Fsp3) is 0.333. The van der Waals surface area contributed by atoms with Crippen molar-refractivity contribution in [3.05, 3.63) is 45.5 Å². The maximum absolute atomic E-state index is 11.7. The van der Waals surface area contributed by atoms with Crippen molar-refractivity contribution in [1.29, 1.82) is 0 Å². The van der Waals surface area contributed by atoms with Gasteiger partial charge in [0.2, 0.25) is 5.52 Å². The second-order valence-electron chi connectivity index (χ2n) is 6.13. The van der Waals surface area contributed by atoms with E-state index < -0.39 is 4.92 Å². The van der Waals surface area contributed by atoms with Gasteiger partial charge in [0, 0.05) is 18.8 Å². The normalized spacial score (nSPS) is 10.9. The fourth-order valence-electron chi connectivity index (χ4n) is 3.01. The minimum Gasteiger partial charge on any atom is -0.370 e. The zero-order valence-corrected chi connectivity index (χ0v) is 15.2. The zero-order valence-electron chi connectivity index (χ0n) is 15.2. The van der Waals surface area contributed by atoms with Crippen LogP contribution in [0, 0.1) is 24.0 Å². The molecule has 2 aromatic carbocycles. The molecule has 0 saturated carbocycles. The number of nitrogens with zero attached hydrogens (tertiary/aromatic N) is 4. The zero-order chi connectivity index (χ0) is 18.8. The van der Waals surface area contributed by atoms with E-state index in [0.717, 1.165) is 35.6 Å². The van der Waals surface area contributed by atoms with E-state index in [1.54, 1.807) is 6.07 Å². The Hall–Kier alpha value is -3.16. The van der Waals surface area contributed by atoms with Crippen molar-refractivity contribution >= 4 is 33.8 Å².